The molecule has 0 aromatic carbocycles. The Morgan fingerprint density at radius 3 is 1.80 bits per heavy atom. The normalized spacial score (nSPS) is 27.1. The second-order valence-corrected chi connectivity index (χ2v) is 3.64. The molecule has 0 aromatic heterocycles. The number of rotatable bonds is 2. The van der Waals surface area contributed by atoms with Gasteiger partial charge in [0.1, 0.15) is 0 Å². The van der Waals surface area contributed by atoms with E-state index in [1.54, 1.807) is 0 Å². The van der Waals surface area contributed by atoms with Crippen molar-refractivity contribution in [1.82, 2.24) is 0 Å². The number of hydrogen-bond acceptors (Lipinski definition) is 4. The Morgan fingerprint density at radius 2 is 1.47 bits per heavy atom. The van der Waals surface area contributed by atoms with Gasteiger partial charge in [0.25, 0.3) is 0 Å². The summed E-state index contributed by atoms with van der Waals surface area (Å²) in [6.45, 7) is 0. The minimum Gasteiger partial charge on any atom is -0.466 e. The van der Waals surface area contributed by atoms with Gasteiger partial charge in [0.2, 0.25) is 0 Å². The van der Waals surface area contributed by atoms with E-state index in [4.69, 9.17) is 0 Å². The van der Waals surface area contributed by atoms with Crippen LogP contribution in [0.25, 0.3) is 0 Å². The van der Waals surface area contributed by atoms with Crippen molar-refractivity contribution in [2.45, 2.75) is 6.42 Å². The van der Waals surface area contributed by atoms with Gasteiger partial charge in [0.05, 0.1) is 25.4 Å². The largest absolute Gasteiger partial charge is 0.466 e. The second kappa shape index (κ2) is 3.53. The Hall–Kier alpha value is -1.58. The highest BCUT2D eigenvalue weighted by Gasteiger charge is 2.42. The third-order valence-electron chi connectivity index (χ3n) is 2.93. The van der Waals surface area contributed by atoms with Crippen molar-refractivity contribution in [3.05, 3.63) is 23.3 Å². The number of carbonyl (C=O) groups excluding carboxylic acids is 2. The van der Waals surface area contributed by atoms with Gasteiger partial charge in [-0.25, -0.2) is 9.59 Å². The Kier molecular flexibility index (Phi) is 2.34. The minimum atomic E-state index is -0.424. The van der Waals surface area contributed by atoms with Gasteiger partial charge in [0.15, 0.2) is 0 Å². The van der Waals surface area contributed by atoms with E-state index in [2.05, 4.69) is 9.47 Å². The maximum absolute atomic E-state index is 11.5. The molecule has 0 amide bonds. The molecule has 0 saturated heterocycles. The molecule has 0 spiro atoms. The van der Waals surface area contributed by atoms with Gasteiger partial charge in [-0.2, -0.15) is 0 Å². The maximum atomic E-state index is 11.5. The van der Waals surface area contributed by atoms with Crippen LogP contribution >= 0.6 is 0 Å². The number of ether oxygens (including phenoxy) is 2. The molecule has 15 heavy (non-hydrogen) atoms. The molecule has 4 heteroatoms. The lowest BCUT2D eigenvalue weighted by atomic mass is 9.97. The minimum absolute atomic E-state index is 0.0246. The Labute approximate surface area is 87.5 Å². The van der Waals surface area contributed by atoms with E-state index in [1.807, 2.05) is 12.2 Å². The summed E-state index contributed by atoms with van der Waals surface area (Å²) < 4.78 is 9.35. The van der Waals surface area contributed by atoms with Gasteiger partial charge in [0, 0.05) is 11.8 Å². The Balaban J connectivity index is 2.40. The number of carbonyl (C=O) groups is 2. The average Bonchev–Trinajstić information content (AvgIpc) is 2.86. The molecular formula is C11H12O4. The van der Waals surface area contributed by atoms with Crippen molar-refractivity contribution >= 4 is 11.9 Å². The van der Waals surface area contributed by atoms with Crippen LogP contribution in [0.15, 0.2) is 23.3 Å². The highest BCUT2D eigenvalue weighted by molar-refractivity contribution is 6.03. The van der Waals surface area contributed by atoms with Crippen LogP contribution in [-0.4, -0.2) is 26.2 Å². The molecule has 2 bridgehead atoms. The molecule has 0 saturated carbocycles. The number of hydrogen-bond donors (Lipinski definition) is 0. The summed E-state index contributed by atoms with van der Waals surface area (Å²) in [5.74, 6) is -0.799. The third-order valence-corrected chi connectivity index (χ3v) is 2.93. The summed E-state index contributed by atoms with van der Waals surface area (Å²) in [6, 6.07) is 0. The van der Waals surface area contributed by atoms with Crippen LogP contribution in [0.4, 0.5) is 0 Å². The van der Waals surface area contributed by atoms with E-state index in [-0.39, 0.29) is 11.8 Å². The van der Waals surface area contributed by atoms with Crippen LogP contribution in [0.2, 0.25) is 0 Å². The fourth-order valence-electron chi connectivity index (χ4n) is 2.27. The van der Waals surface area contributed by atoms with E-state index in [0.29, 0.717) is 11.1 Å². The van der Waals surface area contributed by atoms with Gasteiger partial charge >= 0.3 is 11.9 Å². The predicted octanol–water partition coefficient (Wildman–Crippen LogP) is 0.835. The van der Waals surface area contributed by atoms with Crippen molar-refractivity contribution in [1.29, 1.82) is 0 Å². The van der Waals surface area contributed by atoms with E-state index < -0.39 is 11.9 Å². The number of allylic oxidation sites excluding steroid dienone is 2. The lowest BCUT2D eigenvalue weighted by Crippen LogP contribution is -2.17. The average molecular weight is 208 g/mol. The summed E-state index contributed by atoms with van der Waals surface area (Å²) in [4.78, 5) is 23.0. The molecule has 2 unspecified atom stereocenters. The van der Waals surface area contributed by atoms with Crippen LogP contribution in [0, 0.1) is 11.8 Å². The topological polar surface area (TPSA) is 52.6 Å². The van der Waals surface area contributed by atoms with Gasteiger partial charge in [-0.05, 0) is 6.42 Å². The van der Waals surface area contributed by atoms with E-state index >= 15 is 0 Å². The van der Waals surface area contributed by atoms with Gasteiger partial charge in [-0.1, -0.05) is 12.2 Å². The van der Waals surface area contributed by atoms with Crippen LogP contribution < -0.4 is 0 Å². The molecule has 2 atom stereocenters. The molecule has 0 radical (unpaired) electrons. The summed E-state index contributed by atoms with van der Waals surface area (Å²) in [7, 11) is 2.64. The number of fused-ring (bicyclic) bond motifs is 2. The summed E-state index contributed by atoms with van der Waals surface area (Å²) in [5.41, 5.74) is 0.939. The predicted molar refractivity (Wildman–Crippen MR) is 51.8 cm³/mol. The molecule has 4 nitrogen and oxygen atoms in total. The van der Waals surface area contributed by atoms with Crippen LogP contribution in [0.5, 0.6) is 0 Å². The van der Waals surface area contributed by atoms with Crippen LogP contribution in [0.1, 0.15) is 6.42 Å². The Bertz CT molecular complexity index is 344. The first-order valence-corrected chi connectivity index (χ1v) is 4.78. The summed E-state index contributed by atoms with van der Waals surface area (Å²) in [6.07, 6.45) is 4.68. The zero-order chi connectivity index (χ0) is 11.0. The second-order valence-electron chi connectivity index (χ2n) is 3.64. The molecule has 0 fully saturated rings. The fourth-order valence-corrected chi connectivity index (χ4v) is 2.27. The summed E-state index contributed by atoms with van der Waals surface area (Å²) >= 11 is 0. The standard InChI is InChI=1S/C11H12O4/c1-14-10(12)8-6-3-4-7(5-6)9(8)11(13)15-2/h3-4,6-7H,5H2,1-2H3. The molecule has 2 aliphatic rings. The van der Waals surface area contributed by atoms with Crippen molar-refractivity contribution in [2.75, 3.05) is 14.2 Å². The summed E-state index contributed by atoms with van der Waals surface area (Å²) in [5, 5.41) is 0. The highest BCUT2D eigenvalue weighted by atomic mass is 16.5. The van der Waals surface area contributed by atoms with Crippen molar-refractivity contribution in [2.24, 2.45) is 11.8 Å². The zero-order valence-electron chi connectivity index (χ0n) is 8.65. The number of methoxy groups -OCH3 is 2. The molecule has 0 aromatic rings. The fraction of sp³-hybridized carbons (Fsp3) is 0.455. The molecule has 2 rings (SSSR count). The molecule has 80 valence electrons. The maximum Gasteiger partial charge on any atom is 0.334 e. The Morgan fingerprint density at radius 1 is 1.07 bits per heavy atom. The van der Waals surface area contributed by atoms with Gasteiger partial charge in [-0.15, -0.1) is 0 Å². The van der Waals surface area contributed by atoms with Crippen LogP contribution in [-0.2, 0) is 19.1 Å². The first kappa shape index (κ1) is 9.96. The molecule has 0 N–H and O–H groups in total. The number of esters is 2. The van der Waals surface area contributed by atoms with Crippen LogP contribution in [0.3, 0.4) is 0 Å². The lowest BCUT2D eigenvalue weighted by Gasteiger charge is -2.12. The third kappa shape index (κ3) is 1.37. The molecule has 0 aliphatic heterocycles. The van der Waals surface area contributed by atoms with Crippen molar-refractivity contribution in [3.63, 3.8) is 0 Å². The first-order chi connectivity index (χ1) is 7.19. The van der Waals surface area contributed by atoms with E-state index in [1.165, 1.54) is 14.2 Å². The van der Waals surface area contributed by atoms with Gasteiger partial charge in [-0.3, -0.25) is 0 Å². The molecule has 2 aliphatic carbocycles. The van der Waals surface area contributed by atoms with Crippen molar-refractivity contribution < 1.29 is 19.1 Å². The van der Waals surface area contributed by atoms with Crippen molar-refractivity contribution in [3.8, 4) is 0 Å². The van der Waals surface area contributed by atoms with Gasteiger partial charge < -0.3 is 9.47 Å². The quantitative estimate of drug-likeness (QED) is 0.498. The highest BCUT2D eigenvalue weighted by Crippen LogP contribution is 2.44. The first-order valence-electron chi connectivity index (χ1n) is 4.78. The smallest absolute Gasteiger partial charge is 0.334 e. The lowest BCUT2D eigenvalue weighted by molar-refractivity contribution is -0.139. The zero-order valence-corrected chi connectivity index (χ0v) is 8.65. The van der Waals surface area contributed by atoms with E-state index in [9.17, 15) is 9.59 Å². The molecular weight excluding hydrogens is 196 g/mol. The SMILES string of the molecule is COC(=O)C1=C(C(=O)OC)C2C=CC1C2. The van der Waals surface area contributed by atoms with E-state index in [0.717, 1.165) is 6.42 Å². The molecule has 0 heterocycles. The monoisotopic (exact) mass is 208 g/mol.